The highest BCUT2D eigenvalue weighted by atomic mass is 16.4. The molecule has 0 unspecified atom stereocenters. The van der Waals surface area contributed by atoms with Crippen LogP contribution >= 0.6 is 0 Å². The van der Waals surface area contributed by atoms with Crippen LogP contribution < -0.4 is 5.32 Å². The highest BCUT2D eigenvalue weighted by Crippen LogP contribution is 2.28. The minimum atomic E-state index is -1.06. The predicted molar refractivity (Wildman–Crippen MR) is 109 cm³/mol. The topological polar surface area (TPSA) is 84.2 Å². The lowest BCUT2D eigenvalue weighted by molar-refractivity contribution is -0.139. The van der Waals surface area contributed by atoms with Crippen LogP contribution in [0.25, 0.3) is 5.69 Å². The second kappa shape index (κ2) is 7.91. The van der Waals surface area contributed by atoms with Gasteiger partial charge in [0.1, 0.15) is 6.04 Å². The SMILES string of the molecule is Cc1ccc(-n2nc(C(=O)N[C@H](Cc3ccccc3)C(=O)O)c3c2CCC3)cc1. The molecule has 0 saturated carbocycles. The lowest BCUT2D eigenvalue weighted by atomic mass is 10.1. The van der Waals surface area contributed by atoms with E-state index in [9.17, 15) is 14.7 Å². The summed E-state index contributed by atoms with van der Waals surface area (Å²) in [7, 11) is 0. The van der Waals surface area contributed by atoms with Gasteiger partial charge in [-0.3, -0.25) is 4.79 Å². The molecule has 0 saturated heterocycles. The first kappa shape index (κ1) is 18.9. The number of carbonyl (C=O) groups excluding carboxylic acids is 1. The Bertz CT molecular complexity index is 1040. The molecule has 148 valence electrons. The molecule has 0 bridgehead atoms. The number of carboxylic acid groups (broad SMARTS) is 1. The maximum absolute atomic E-state index is 13.0. The largest absolute Gasteiger partial charge is 0.480 e. The van der Waals surface area contributed by atoms with E-state index in [2.05, 4.69) is 10.4 Å². The molecule has 1 aliphatic rings. The molecule has 1 amide bonds. The zero-order valence-corrected chi connectivity index (χ0v) is 16.3. The van der Waals surface area contributed by atoms with Gasteiger partial charge in [-0.1, -0.05) is 48.0 Å². The number of rotatable bonds is 6. The van der Waals surface area contributed by atoms with Crippen molar-refractivity contribution in [3.05, 3.63) is 82.7 Å². The summed E-state index contributed by atoms with van der Waals surface area (Å²) in [6.07, 6.45) is 2.82. The molecule has 4 rings (SSSR count). The first-order valence-corrected chi connectivity index (χ1v) is 9.78. The van der Waals surface area contributed by atoms with Crippen molar-refractivity contribution in [3.63, 3.8) is 0 Å². The van der Waals surface area contributed by atoms with E-state index in [1.165, 1.54) is 0 Å². The van der Waals surface area contributed by atoms with Gasteiger partial charge in [0.25, 0.3) is 5.91 Å². The second-order valence-electron chi connectivity index (χ2n) is 7.43. The normalized spacial score (nSPS) is 13.7. The number of aliphatic carboxylic acids is 1. The van der Waals surface area contributed by atoms with E-state index >= 15 is 0 Å². The Labute approximate surface area is 169 Å². The minimum Gasteiger partial charge on any atom is -0.480 e. The summed E-state index contributed by atoms with van der Waals surface area (Å²) in [6, 6.07) is 16.3. The zero-order chi connectivity index (χ0) is 20.4. The summed E-state index contributed by atoms with van der Waals surface area (Å²) in [6.45, 7) is 2.02. The number of carbonyl (C=O) groups is 2. The minimum absolute atomic E-state index is 0.225. The molecule has 3 aromatic rings. The molecule has 1 aliphatic carbocycles. The van der Waals surface area contributed by atoms with Gasteiger partial charge in [0.2, 0.25) is 0 Å². The molecule has 1 atom stereocenters. The molecule has 1 heterocycles. The average molecular weight is 389 g/mol. The molecule has 0 aliphatic heterocycles. The van der Waals surface area contributed by atoms with Crippen molar-refractivity contribution in [1.29, 1.82) is 0 Å². The Hall–Kier alpha value is -3.41. The smallest absolute Gasteiger partial charge is 0.326 e. The van der Waals surface area contributed by atoms with E-state index < -0.39 is 17.9 Å². The summed E-state index contributed by atoms with van der Waals surface area (Å²) >= 11 is 0. The molecule has 0 spiro atoms. The quantitative estimate of drug-likeness (QED) is 0.679. The van der Waals surface area contributed by atoms with Crippen LogP contribution in [0, 0.1) is 6.92 Å². The Balaban J connectivity index is 1.60. The van der Waals surface area contributed by atoms with Gasteiger partial charge in [-0.2, -0.15) is 5.10 Å². The lowest BCUT2D eigenvalue weighted by Crippen LogP contribution is -2.42. The van der Waals surface area contributed by atoms with Crippen LogP contribution in [0.15, 0.2) is 54.6 Å². The molecule has 6 heteroatoms. The number of hydrogen-bond donors (Lipinski definition) is 2. The third-order valence-corrected chi connectivity index (χ3v) is 5.31. The molecule has 29 heavy (non-hydrogen) atoms. The molecule has 2 aromatic carbocycles. The average Bonchev–Trinajstić information content (AvgIpc) is 3.31. The summed E-state index contributed by atoms with van der Waals surface area (Å²) in [4.78, 5) is 24.7. The monoisotopic (exact) mass is 389 g/mol. The van der Waals surface area contributed by atoms with Crippen LogP contribution in [-0.4, -0.2) is 32.8 Å². The fraction of sp³-hybridized carbons (Fsp3) is 0.261. The number of nitrogens with one attached hydrogen (secondary N) is 1. The van der Waals surface area contributed by atoms with Crippen molar-refractivity contribution in [1.82, 2.24) is 15.1 Å². The Morgan fingerprint density at radius 1 is 1.10 bits per heavy atom. The Kier molecular flexibility index (Phi) is 5.16. The fourth-order valence-corrected chi connectivity index (χ4v) is 3.80. The highest BCUT2D eigenvalue weighted by molar-refractivity contribution is 5.96. The maximum Gasteiger partial charge on any atom is 0.326 e. The van der Waals surface area contributed by atoms with Gasteiger partial charge >= 0.3 is 5.97 Å². The van der Waals surface area contributed by atoms with Gasteiger partial charge in [0, 0.05) is 17.7 Å². The van der Waals surface area contributed by atoms with Crippen molar-refractivity contribution in [2.75, 3.05) is 0 Å². The first-order valence-electron chi connectivity index (χ1n) is 9.78. The standard InChI is InChI=1S/C23H23N3O3/c1-15-10-12-17(13-11-15)26-20-9-5-8-18(20)21(25-26)22(27)24-19(23(28)29)14-16-6-3-2-4-7-16/h2-4,6-7,10-13,19H,5,8-9,14H2,1H3,(H,24,27)(H,28,29)/t19-/m1/s1. The molecule has 0 radical (unpaired) electrons. The van der Waals surface area contributed by atoms with Gasteiger partial charge in [-0.15, -0.1) is 0 Å². The fourth-order valence-electron chi connectivity index (χ4n) is 3.80. The van der Waals surface area contributed by atoms with Crippen molar-refractivity contribution < 1.29 is 14.7 Å². The van der Waals surface area contributed by atoms with Gasteiger partial charge < -0.3 is 10.4 Å². The van der Waals surface area contributed by atoms with E-state index in [-0.39, 0.29) is 6.42 Å². The number of amides is 1. The van der Waals surface area contributed by atoms with Crippen LogP contribution in [0.2, 0.25) is 0 Å². The molecule has 2 N–H and O–H groups in total. The highest BCUT2D eigenvalue weighted by Gasteiger charge is 2.29. The van der Waals surface area contributed by atoms with Gasteiger partial charge in [-0.25, -0.2) is 9.48 Å². The number of carboxylic acids is 1. The molecular formula is C23H23N3O3. The van der Waals surface area contributed by atoms with Gasteiger partial charge in [-0.05, 0) is 43.9 Å². The summed E-state index contributed by atoms with van der Waals surface area (Å²) in [5, 5.41) is 16.8. The van der Waals surface area contributed by atoms with Crippen molar-refractivity contribution in [2.24, 2.45) is 0 Å². The van der Waals surface area contributed by atoms with E-state index in [0.29, 0.717) is 5.69 Å². The number of aromatic nitrogens is 2. The zero-order valence-electron chi connectivity index (χ0n) is 16.3. The lowest BCUT2D eigenvalue weighted by Gasteiger charge is -2.14. The van der Waals surface area contributed by atoms with Crippen LogP contribution in [0.1, 0.15) is 39.3 Å². The molecule has 6 nitrogen and oxygen atoms in total. The van der Waals surface area contributed by atoms with E-state index in [0.717, 1.165) is 47.3 Å². The van der Waals surface area contributed by atoms with Crippen molar-refractivity contribution >= 4 is 11.9 Å². The number of aryl methyl sites for hydroxylation is 1. The first-order chi connectivity index (χ1) is 14.0. The molecule has 0 fully saturated rings. The summed E-state index contributed by atoms with van der Waals surface area (Å²) < 4.78 is 1.82. The Morgan fingerprint density at radius 2 is 1.83 bits per heavy atom. The van der Waals surface area contributed by atoms with Crippen LogP contribution in [0.3, 0.4) is 0 Å². The second-order valence-corrected chi connectivity index (χ2v) is 7.43. The molecular weight excluding hydrogens is 366 g/mol. The maximum atomic E-state index is 13.0. The van der Waals surface area contributed by atoms with E-state index in [1.807, 2.05) is 66.2 Å². The van der Waals surface area contributed by atoms with Gasteiger partial charge in [0.05, 0.1) is 5.69 Å². The van der Waals surface area contributed by atoms with Crippen LogP contribution in [-0.2, 0) is 24.1 Å². The van der Waals surface area contributed by atoms with Crippen LogP contribution in [0.5, 0.6) is 0 Å². The number of hydrogen-bond acceptors (Lipinski definition) is 3. The van der Waals surface area contributed by atoms with Crippen LogP contribution in [0.4, 0.5) is 0 Å². The van der Waals surface area contributed by atoms with Gasteiger partial charge in [0.15, 0.2) is 5.69 Å². The number of benzene rings is 2. The number of fused-ring (bicyclic) bond motifs is 1. The summed E-state index contributed by atoms with van der Waals surface area (Å²) in [5.74, 6) is -1.49. The number of nitrogens with zero attached hydrogens (tertiary/aromatic N) is 2. The van der Waals surface area contributed by atoms with Crippen molar-refractivity contribution in [3.8, 4) is 5.69 Å². The third kappa shape index (κ3) is 3.92. The van der Waals surface area contributed by atoms with Crippen molar-refractivity contribution in [2.45, 2.75) is 38.6 Å². The van der Waals surface area contributed by atoms with E-state index in [1.54, 1.807) is 0 Å². The Morgan fingerprint density at radius 3 is 2.52 bits per heavy atom. The molecule has 1 aromatic heterocycles. The third-order valence-electron chi connectivity index (χ3n) is 5.31. The predicted octanol–water partition coefficient (Wildman–Crippen LogP) is 3.10. The summed E-state index contributed by atoms with van der Waals surface area (Å²) in [5.41, 5.74) is 5.21. The van der Waals surface area contributed by atoms with E-state index in [4.69, 9.17) is 0 Å².